The van der Waals surface area contributed by atoms with E-state index in [4.69, 9.17) is 4.74 Å². The van der Waals surface area contributed by atoms with E-state index in [0.717, 1.165) is 24.7 Å². The van der Waals surface area contributed by atoms with Crippen LogP contribution in [0.1, 0.15) is 101 Å². The average Bonchev–Trinajstić information content (AvgIpc) is 3.36. The summed E-state index contributed by atoms with van der Waals surface area (Å²) < 4.78 is 5.41. The van der Waals surface area contributed by atoms with E-state index in [-0.39, 0.29) is 11.8 Å². The van der Waals surface area contributed by atoms with Crippen molar-refractivity contribution in [2.24, 2.45) is 0 Å². The van der Waals surface area contributed by atoms with Crippen molar-refractivity contribution in [3.63, 3.8) is 0 Å². The van der Waals surface area contributed by atoms with Gasteiger partial charge in [-0.25, -0.2) is 4.79 Å². The minimum atomic E-state index is -0.688. The van der Waals surface area contributed by atoms with E-state index < -0.39 is 29.6 Å². The molecule has 1 fully saturated rings. The maximum absolute atomic E-state index is 12.9. The number of hydrazine groups is 1. The number of fused-ring (bicyclic) bond motifs is 1. The first-order chi connectivity index (χ1) is 17.2. The van der Waals surface area contributed by atoms with Crippen molar-refractivity contribution in [2.45, 2.75) is 69.9 Å². The lowest BCUT2D eigenvalue weighted by Gasteiger charge is -2.40. The molecule has 4 aliphatic rings. The fourth-order valence-electron chi connectivity index (χ4n) is 5.76. The van der Waals surface area contributed by atoms with Crippen molar-refractivity contribution < 1.29 is 23.9 Å². The van der Waals surface area contributed by atoms with Crippen molar-refractivity contribution in [2.75, 3.05) is 6.54 Å². The minimum absolute atomic E-state index is 0.184. The third-order valence-corrected chi connectivity index (χ3v) is 7.32. The normalized spacial score (nSPS) is 21.9. The molecule has 188 valence electrons. The Kier molecular flexibility index (Phi) is 6.06. The highest BCUT2D eigenvalue weighted by Gasteiger charge is 2.39. The molecule has 1 saturated heterocycles. The van der Waals surface area contributed by atoms with E-state index in [9.17, 15) is 19.2 Å². The van der Waals surface area contributed by atoms with Crippen LogP contribution in [0.15, 0.2) is 36.4 Å². The van der Waals surface area contributed by atoms with E-state index in [1.54, 1.807) is 26.8 Å². The number of carbonyl (C=O) groups excluding carboxylic acids is 4. The van der Waals surface area contributed by atoms with Crippen LogP contribution < -0.4 is 10.9 Å². The van der Waals surface area contributed by atoms with Gasteiger partial charge >= 0.3 is 6.09 Å². The molecule has 8 nitrogen and oxygen atoms in total. The molecular weight excluding hydrogens is 458 g/mol. The topological polar surface area (TPSA) is 105 Å². The molecule has 0 radical (unpaired) electrons. The summed E-state index contributed by atoms with van der Waals surface area (Å²) >= 11 is 0. The molecule has 0 saturated carbocycles. The quantitative estimate of drug-likeness (QED) is 0.500. The molecule has 3 atom stereocenters. The summed E-state index contributed by atoms with van der Waals surface area (Å²) in [6.07, 6.45) is 3.56. The molecule has 0 aromatic heterocycles. The van der Waals surface area contributed by atoms with E-state index >= 15 is 0 Å². The maximum atomic E-state index is 12.9. The van der Waals surface area contributed by atoms with Crippen LogP contribution in [-0.2, 0) is 9.53 Å². The van der Waals surface area contributed by atoms with E-state index in [1.165, 1.54) is 21.6 Å². The van der Waals surface area contributed by atoms with Crippen molar-refractivity contribution in [1.29, 1.82) is 0 Å². The number of hydrogen-bond acceptors (Lipinski definition) is 5. The van der Waals surface area contributed by atoms with Gasteiger partial charge in [-0.05, 0) is 86.9 Å². The van der Waals surface area contributed by atoms with Gasteiger partial charge < -0.3 is 4.74 Å². The van der Waals surface area contributed by atoms with Crippen LogP contribution >= 0.6 is 0 Å². The molecule has 2 aromatic rings. The number of nitrogens with one attached hydrogen (secondary N) is 2. The Bertz CT molecular complexity index is 1250. The lowest BCUT2D eigenvalue weighted by Crippen LogP contribution is -2.52. The zero-order chi connectivity index (χ0) is 25.6. The molecule has 2 unspecified atom stereocenters. The summed E-state index contributed by atoms with van der Waals surface area (Å²) in [5.41, 5.74) is 10.2. The number of likely N-dealkylation sites (tertiary alicyclic amines) is 1. The molecule has 8 heteroatoms. The molecular formula is C28H31N3O5. The maximum Gasteiger partial charge on any atom is 0.410 e. The molecule has 2 N–H and O–H groups in total. The number of nitrogens with zero attached hydrogens (tertiary/aromatic N) is 1. The van der Waals surface area contributed by atoms with Crippen molar-refractivity contribution in [1.82, 2.24) is 15.8 Å². The van der Waals surface area contributed by atoms with Crippen LogP contribution in [0.2, 0.25) is 0 Å². The number of hydrogen-bond donors (Lipinski definition) is 2. The summed E-state index contributed by atoms with van der Waals surface area (Å²) in [6, 6.07) is 10.8. The number of ether oxygens (including phenoxy) is 1. The molecule has 1 aliphatic heterocycles. The van der Waals surface area contributed by atoms with Gasteiger partial charge in [-0.1, -0.05) is 18.2 Å². The second kappa shape index (κ2) is 9.08. The zero-order valence-electron chi connectivity index (χ0n) is 20.8. The van der Waals surface area contributed by atoms with E-state index in [0.29, 0.717) is 30.5 Å². The number of amides is 3. The highest BCUT2D eigenvalue weighted by Crippen LogP contribution is 2.52. The van der Waals surface area contributed by atoms with Crippen LogP contribution in [0.25, 0.3) is 0 Å². The van der Waals surface area contributed by atoms with Crippen LogP contribution in [-0.4, -0.2) is 47.3 Å². The van der Waals surface area contributed by atoms with Gasteiger partial charge in [0.25, 0.3) is 11.8 Å². The van der Waals surface area contributed by atoms with Crippen LogP contribution in [0.5, 0.6) is 0 Å². The number of benzene rings is 2. The first kappa shape index (κ1) is 24.0. The zero-order valence-corrected chi connectivity index (χ0v) is 20.8. The Hall–Kier alpha value is -3.68. The predicted octanol–water partition coefficient (Wildman–Crippen LogP) is 4.03. The Balaban J connectivity index is 1.27. The molecule has 3 amide bonds. The lowest BCUT2D eigenvalue weighted by molar-refractivity contribution is -0.126. The third kappa shape index (κ3) is 4.36. The number of carbonyl (C=O) groups is 4. The molecule has 3 aliphatic carbocycles. The van der Waals surface area contributed by atoms with Gasteiger partial charge in [0.2, 0.25) is 0 Å². The van der Waals surface area contributed by atoms with Gasteiger partial charge in [-0.15, -0.1) is 0 Å². The van der Waals surface area contributed by atoms with Gasteiger partial charge in [0.05, 0.1) is 0 Å². The standard InChI is InChI=1S/C28H31N3O5/c1-28(2,3)36-27(35)31-12-4-5-24(31)26(34)30-29-25(33)17-7-9-19-20-10-11-21(23(19)14-17)18-8-6-16(15-32)13-22(18)20/h6-9,13-15,20-21,24H,4-5,10-12H2,1-3H3,(H,29,33)(H,30,34)/t20?,21?,24-/m0/s1. The Morgan fingerprint density at radius 3 is 2.25 bits per heavy atom. The molecule has 1 heterocycles. The molecule has 36 heavy (non-hydrogen) atoms. The Morgan fingerprint density at radius 1 is 0.917 bits per heavy atom. The van der Waals surface area contributed by atoms with Gasteiger partial charge in [0, 0.05) is 29.5 Å². The molecule has 6 rings (SSSR count). The second-order valence-electron chi connectivity index (χ2n) is 10.8. The highest BCUT2D eigenvalue weighted by atomic mass is 16.6. The first-order valence-electron chi connectivity index (χ1n) is 12.5. The summed E-state index contributed by atoms with van der Waals surface area (Å²) in [5, 5.41) is 0. The fourth-order valence-corrected chi connectivity index (χ4v) is 5.76. The van der Waals surface area contributed by atoms with Gasteiger partial charge in [0.15, 0.2) is 0 Å². The largest absolute Gasteiger partial charge is 0.444 e. The Labute approximate surface area is 210 Å². The number of rotatable bonds is 3. The third-order valence-electron chi connectivity index (χ3n) is 7.32. The molecule has 2 aromatic carbocycles. The molecule has 2 bridgehead atoms. The van der Waals surface area contributed by atoms with E-state index in [1.807, 2.05) is 30.3 Å². The van der Waals surface area contributed by atoms with Gasteiger partial charge in [-0.2, -0.15) is 0 Å². The van der Waals surface area contributed by atoms with Crippen molar-refractivity contribution in [3.05, 3.63) is 69.8 Å². The van der Waals surface area contributed by atoms with E-state index in [2.05, 4.69) is 10.9 Å². The summed E-state index contributed by atoms with van der Waals surface area (Å²) in [4.78, 5) is 50.9. The van der Waals surface area contributed by atoms with Crippen LogP contribution in [0.4, 0.5) is 4.79 Å². The number of aldehydes is 1. The Morgan fingerprint density at radius 2 is 1.58 bits per heavy atom. The minimum Gasteiger partial charge on any atom is -0.444 e. The average molecular weight is 490 g/mol. The highest BCUT2D eigenvalue weighted by molar-refractivity contribution is 5.96. The van der Waals surface area contributed by atoms with Gasteiger partial charge in [0.1, 0.15) is 17.9 Å². The van der Waals surface area contributed by atoms with Crippen LogP contribution in [0, 0.1) is 0 Å². The van der Waals surface area contributed by atoms with Crippen molar-refractivity contribution >= 4 is 24.2 Å². The summed E-state index contributed by atoms with van der Waals surface area (Å²) in [7, 11) is 0. The second-order valence-corrected chi connectivity index (χ2v) is 10.8. The monoisotopic (exact) mass is 489 g/mol. The fraction of sp³-hybridized carbons (Fsp3) is 0.429. The van der Waals surface area contributed by atoms with Crippen molar-refractivity contribution in [3.8, 4) is 0 Å². The lowest BCUT2D eigenvalue weighted by atomic mass is 9.63. The summed E-state index contributed by atoms with van der Waals surface area (Å²) in [5.74, 6) is -0.448. The predicted molar refractivity (Wildman–Crippen MR) is 133 cm³/mol. The first-order valence-corrected chi connectivity index (χ1v) is 12.5. The van der Waals surface area contributed by atoms with Gasteiger partial charge in [-0.3, -0.25) is 30.1 Å². The SMILES string of the molecule is CC(C)(C)OC(=O)N1CCC[C@H]1C(=O)NNC(=O)c1ccc2c(c1)C1CCC2c2cc(C=O)ccc21. The smallest absolute Gasteiger partial charge is 0.410 e. The molecule has 0 spiro atoms. The van der Waals surface area contributed by atoms with Crippen LogP contribution in [0.3, 0.4) is 0 Å². The summed E-state index contributed by atoms with van der Waals surface area (Å²) in [6.45, 7) is 5.77.